The van der Waals surface area contributed by atoms with E-state index in [1.165, 1.54) is 0 Å². The maximum Gasteiger partial charge on any atom is 0.0613 e. The summed E-state index contributed by atoms with van der Waals surface area (Å²) in [7, 11) is 0. The molecule has 2 N–H and O–H groups in total. The lowest BCUT2D eigenvalue weighted by atomic mass is 9.98. The average molecular weight is 300 g/mol. The fourth-order valence-corrected chi connectivity index (χ4v) is 4.43. The van der Waals surface area contributed by atoms with Crippen LogP contribution in [0.1, 0.15) is 33.1 Å². The number of benzene rings is 1. The van der Waals surface area contributed by atoms with Crippen molar-refractivity contribution in [2.75, 3.05) is 6.61 Å². The number of aliphatic hydroxyl groups is 1. The standard InChI is InChI=1S/C15H22ClNOS/c1-11(2)17-15(10-18)8-7-12(9-15)19-14-6-4-3-5-13(14)16/h3-6,11-12,17-18H,7-10H2,1-2H3. The summed E-state index contributed by atoms with van der Waals surface area (Å²) < 4.78 is 0. The van der Waals surface area contributed by atoms with Gasteiger partial charge in [0.25, 0.3) is 0 Å². The highest BCUT2D eigenvalue weighted by molar-refractivity contribution is 8.00. The van der Waals surface area contributed by atoms with Crippen LogP contribution >= 0.6 is 23.4 Å². The Morgan fingerprint density at radius 3 is 2.84 bits per heavy atom. The van der Waals surface area contributed by atoms with Gasteiger partial charge in [0.2, 0.25) is 0 Å². The maximum atomic E-state index is 9.71. The molecule has 0 spiro atoms. The normalized spacial score (nSPS) is 27.1. The van der Waals surface area contributed by atoms with Gasteiger partial charge in [-0.2, -0.15) is 0 Å². The molecule has 0 heterocycles. The maximum absolute atomic E-state index is 9.71. The first-order valence-corrected chi connectivity index (χ1v) is 8.10. The molecule has 2 nitrogen and oxygen atoms in total. The summed E-state index contributed by atoms with van der Waals surface area (Å²) >= 11 is 8.05. The van der Waals surface area contributed by atoms with E-state index in [0.717, 1.165) is 29.2 Å². The Kier molecular flexibility index (Phi) is 5.18. The molecule has 2 rings (SSSR count). The molecule has 0 aromatic heterocycles. The van der Waals surface area contributed by atoms with Crippen molar-refractivity contribution in [3.05, 3.63) is 29.3 Å². The number of hydrogen-bond donors (Lipinski definition) is 2. The van der Waals surface area contributed by atoms with Gasteiger partial charge in [-0.15, -0.1) is 11.8 Å². The molecule has 2 atom stereocenters. The van der Waals surface area contributed by atoms with Crippen molar-refractivity contribution in [3.63, 3.8) is 0 Å². The Morgan fingerprint density at radius 1 is 1.47 bits per heavy atom. The van der Waals surface area contributed by atoms with Crippen LogP contribution in [0.25, 0.3) is 0 Å². The van der Waals surface area contributed by atoms with Gasteiger partial charge >= 0.3 is 0 Å². The van der Waals surface area contributed by atoms with Gasteiger partial charge in [0, 0.05) is 21.7 Å². The summed E-state index contributed by atoms with van der Waals surface area (Å²) in [5.74, 6) is 0. The predicted molar refractivity (Wildman–Crippen MR) is 83.0 cm³/mol. The second-order valence-corrected chi connectivity index (χ2v) is 7.40. The number of hydrogen-bond acceptors (Lipinski definition) is 3. The van der Waals surface area contributed by atoms with Gasteiger partial charge in [-0.05, 0) is 31.4 Å². The molecule has 1 aromatic carbocycles. The van der Waals surface area contributed by atoms with Crippen molar-refractivity contribution < 1.29 is 5.11 Å². The SMILES string of the molecule is CC(C)NC1(CO)CCC(Sc2ccccc2Cl)C1. The first kappa shape index (κ1) is 15.2. The molecule has 4 heteroatoms. The lowest BCUT2D eigenvalue weighted by molar-refractivity contribution is 0.156. The number of nitrogens with one attached hydrogen (secondary N) is 1. The number of aliphatic hydroxyl groups excluding tert-OH is 1. The van der Waals surface area contributed by atoms with Crippen LogP contribution in [0.2, 0.25) is 5.02 Å². The monoisotopic (exact) mass is 299 g/mol. The molecule has 19 heavy (non-hydrogen) atoms. The van der Waals surface area contributed by atoms with E-state index in [0.29, 0.717) is 11.3 Å². The van der Waals surface area contributed by atoms with E-state index >= 15 is 0 Å². The van der Waals surface area contributed by atoms with Crippen molar-refractivity contribution in [1.82, 2.24) is 5.32 Å². The topological polar surface area (TPSA) is 32.3 Å². The summed E-state index contributed by atoms with van der Waals surface area (Å²) in [6.07, 6.45) is 3.15. The zero-order chi connectivity index (χ0) is 13.9. The van der Waals surface area contributed by atoms with E-state index in [2.05, 4.69) is 25.2 Å². The zero-order valence-corrected chi connectivity index (χ0v) is 13.1. The number of rotatable bonds is 5. The van der Waals surface area contributed by atoms with Crippen LogP contribution in [-0.4, -0.2) is 28.5 Å². The zero-order valence-electron chi connectivity index (χ0n) is 11.5. The third-order valence-corrected chi connectivity index (χ3v) is 5.38. The highest BCUT2D eigenvalue weighted by Gasteiger charge is 2.39. The Bertz CT molecular complexity index is 426. The van der Waals surface area contributed by atoms with E-state index in [1.54, 1.807) is 0 Å². The van der Waals surface area contributed by atoms with Gasteiger partial charge in [-0.25, -0.2) is 0 Å². The van der Waals surface area contributed by atoms with Crippen LogP contribution in [0.3, 0.4) is 0 Å². The van der Waals surface area contributed by atoms with Gasteiger partial charge in [-0.1, -0.05) is 37.6 Å². The lowest BCUT2D eigenvalue weighted by Crippen LogP contribution is -2.49. The van der Waals surface area contributed by atoms with Crippen LogP contribution in [0.5, 0.6) is 0 Å². The quantitative estimate of drug-likeness (QED) is 0.869. The number of thioether (sulfide) groups is 1. The van der Waals surface area contributed by atoms with Crippen molar-refractivity contribution >= 4 is 23.4 Å². The molecule has 1 aromatic rings. The van der Waals surface area contributed by atoms with Crippen molar-refractivity contribution in [3.8, 4) is 0 Å². The summed E-state index contributed by atoms with van der Waals surface area (Å²) in [5, 5.41) is 14.6. The first-order valence-electron chi connectivity index (χ1n) is 6.84. The van der Waals surface area contributed by atoms with Crippen LogP contribution in [-0.2, 0) is 0 Å². The molecule has 1 fully saturated rings. The van der Waals surface area contributed by atoms with Crippen LogP contribution in [0.15, 0.2) is 29.2 Å². The lowest BCUT2D eigenvalue weighted by Gasteiger charge is -2.31. The molecular weight excluding hydrogens is 278 g/mol. The highest BCUT2D eigenvalue weighted by atomic mass is 35.5. The van der Waals surface area contributed by atoms with Crippen LogP contribution in [0, 0.1) is 0 Å². The average Bonchev–Trinajstić information content (AvgIpc) is 2.75. The molecule has 2 unspecified atom stereocenters. The first-order chi connectivity index (χ1) is 9.04. The van der Waals surface area contributed by atoms with Gasteiger partial charge < -0.3 is 10.4 Å². The van der Waals surface area contributed by atoms with Gasteiger partial charge in [0.15, 0.2) is 0 Å². The van der Waals surface area contributed by atoms with Gasteiger partial charge in [0.05, 0.1) is 11.6 Å². The fraction of sp³-hybridized carbons (Fsp3) is 0.600. The Balaban J connectivity index is 2.00. The summed E-state index contributed by atoms with van der Waals surface area (Å²) in [4.78, 5) is 1.15. The predicted octanol–water partition coefficient (Wildman–Crippen LogP) is 3.71. The molecule has 0 bridgehead atoms. The Morgan fingerprint density at radius 2 is 2.21 bits per heavy atom. The largest absolute Gasteiger partial charge is 0.394 e. The van der Waals surface area contributed by atoms with E-state index < -0.39 is 0 Å². The van der Waals surface area contributed by atoms with E-state index in [4.69, 9.17) is 11.6 Å². The van der Waals surface area contributed by atoms with Crippen molar-refractivity contribution in [2.45, 2.75) is 54.8 Å². The van der Waals surface area contributed by atoms with E-state index in [9.17, 15) is 5.11 Å². The van der Waals surface area contributed by atoms with E-state index in [-0.39, 0.29) is 12.1 Å². The van der Waals surface area contributed by atoms with Gasteiger partial charge in [-0.3, -0.25) is 0 Å². The molecule has 0 aliphatic heterocycles. The minimum Gasteiger partial charge on any atom is -0.394 e. The summed E-state index contributed by atoms with van der Waals surface area (Å²) in [6.45, 7) is 4.47. The minimum absolute atomic E-state index is 0.104. The minimum atomic E-state index is -0.104. The number of halogens is 1. The molecule has 106 valence electrons. The summed E-state index contributed by atoms with van der Waals surface area (Å²) in [5.41, 5.74) is -0.104. The second-order valence-electron chi connectivity index (χ2n) is 5.65. The molecule has 0 saturated heterocycles. The van der Waals surface area contributed by atoms with Crippen molar-refractivity contribution in [2.24, 2.45) is 0 Å². The molecule has 0 radical (unpaired) electrons. The third kappa shape index (κ3) is 3.88. The molecule has 1 aliphatic carbocycles. The van der Waals surface area contributed by atoms with Crippen LogP contribution < -0.4 is 5.32 Å². The smallest absolute Gasteiger partial charge is 0.0613 e. The molecule has 0 amide bonds. The van der Waals surface area contributed by atoms with E-state index in [1.807, 2.05) is 30.0 Å². The fourth-order valence-electron chi connectivity index (χ4n) is 2.83. The Hall–Kier alpha value is -0.220. The molecular formula is C15H22ClNOS. The van der Waals surface area contributed by atoms with Crippen molar-refractivity contribution in [1.29, 1.82) is 0 Å². The molecule has 1 saturated carbocycles. The molecule has 1 aliphatic rings. The second kappa shape index (κ2) is 6.49. The Labute approximate surface area is 124 Å². The van der Waals surface area contributed by atoms with Gasteiger partial charge in [0.1, 0.15) is 0 Å². The highest BCUT2D eigenvalue weighted by Crippen LogP contribution is 2.42. The van der Waals surface area contributed by atoms with Crippen LogP contribution in [0.4, 0.5) is 0 Å². The summed E-state index contributed by atoms with van der Waals surface area (Å²) in [6, 6.07) is 8.39. The third-order valence-electron chi connectivity index (χ3n) is 3.59.